The average molecular weight is 410 g/mol. The minimum Gasteiger partial charge on any atom is -0.480 e. The minimum absolute atomic E-state index is 0. The Labute approximate surface area is 196 Å². The summed E-state index contributed by atoms with van der Waals surface area (Å²) in [5.74, 6) is -1.17. The van der Waals surface area contributed by atoms with E-state index >= 15 is 0 Å². The molecule has 0 aliphatic rings. The van der Waals surface area contributed by atoms with Crippen LogP contribution in [0.3, 0.4) is 0 Å². The summed E-state index contributed by atoms with van der Waals surface area (Å²) in [6.45, 7) is 2.22. The number of fused-ring (bicyclic) bond motifs is 1. The summed E-state index contributed by atoms with van der Waals surface area (Å²) in [7, 11) is 0. The Balaban J connectivity index is 0.00000420. The van der Waals surface area contributed by atoms with Crippen LogP contribution in [0.4, 0.5) is 0 Å². The number of benzene rings is 1. The fourth-order valence-electron chi connectivity index (χ4n) is 3.58. The van der Waals surface area contributed by atoms with E-state index in [9.17, 15) is 14.7 Å². The first-order chi connectivity index (χ1) is 13.6. The summed E-state index contributed by atoms with van der Waals surface area (Å²) in [5, 5.41) is 13.2. The Morgan fingerprint density at radius 3 is 2.28 bits per heavy atom. The van der Waals surface area contributed by atoms with Crippen LogP contribution in [0.1, 0.15) is 76.7 Å². The van der Waals surface area contributed by atoms with Gasteiger partial charge in [-0.2, -0.15) is 0 Å². The molecule has 1 aromatic carbocycles. The molecule has 3 N–H and O–H groups in total. The number of carboxylic acid groups (broad SMARTS) is 1. The number of amides is 1. The van der Waals surface area contributed by atoms with Gasteiger partial charge in [-0.25, -0.2) is 4.79 Å². The molecule has 0 fully saturated rings. The Hall–Kier alpha value is -1.30. The molecular formula is C23H34N2NaO3. The van der Waals surface area contributed by atoms with E-state index in [1.165, 1.54) is 38.5 Å². The van der Waals surface area contributed by atoms with Crippen molar-refractivity contribution in [2.45, 2.75) is 83.6 Å². The van der Waals surface area contributed by atoms with Crippen molar-refractivity contribution in [1.82, 2.24) is 10.3 Å². The molecule has 2 rings (SSSR count). The summed E-state index contributed by atoms with van der Waals surface area (Å²) < 4.78 is 0. The fourth-order valence-corrected chi connectivity index (χ4v) is 3.58. The number of carbonyl (C=O) groups is 2. The first kappa shape index (κ1) is 25.7. The van der Waals surface area contributed by atoms with Gasteiger partial charge in [0.2, 0.25) is 5.91 Å². The van der Waals surface area contributed by atoms with Crippen molar-refractivity contribution >= 4 is 52.3 Å². The number of carbonyl (C=O) groups excluding carboxylic acids is 1. The van der Waals surface area contributed by atoms with E-state index in [-0.39, 0.29) is 41.9 Å². The maximum Gasteiger partial charge on any atom is 0.326 e. The molecule has 155 valence electrons. The predicted octanol–water partition coefficient (Wildman–Crippen LogP) is 4.82. The second kappa shape index (κ2) is 14.6. The van der Waals surface area contributed by atoms with Crippen LogP contribution in [-0.2, 0) is 16.0 Å². The number of aromatic nitrogens is 1. The van der Waals surface area contributed by atoms with Crippen LogP contribution in [0.15, 0.2) is 30.5 Å². The van der Waals surface area contributed by atoms with E-state index in [4.69, 9.17) is 0 Å². The molecule has 5 nitrogen and oxygen atoms in total. The zero-order valence-electron chi connectivity index (χ0n) is 18.0. The first-order valence-electron chi connectivity index (χ1n) is 10.7. The summed E-state index contributed by atoms with van der Waals surface area (Å²) >= 11 is 0. The van der Waals surface area contributed by atoms with E-state index in [1.807, 2.05) is 30.5 Å². The van der Waals surface area contributed by atoms with Gasteiger partial charge in [0.15, 0.2) is 0 Å². The number of unbranched alkanes of at least 4 members (excludes halogenated alkanes) is 8. The molecule has 1 heterocycles. The summed E-state index contributed by atoms with van der Waals surface area (Å²) in [4.78, 5) is 26.9. The number of aromatic amines is 1. The maximum absolute atomic E-state index is 12.2. The Morgan fingerprint density at radius 1 is 1.00 bits per heavy atom. The molecule has 1 aromatic heterocycles. The van der Waals surface area contributed by atoms with Crippen LogP contribution in [-0.4, -0.2) is 57.6 Å². The molecule has 0 spiro atoms. The molecule has 1 atom stereocenters. The molecule has 0 aliphatic carbocycles. The molecule has 0 unspecified atom stereocenters. The monoisotopic (exact) mass is 409 g/mol. The van der Waals surface area contributed by atoms with Crippen LogP contribution >= 0.6 is 0 Å². The van der Waals surface area contributed by atoms with E-state index in [2.05, 4.69) is 17.2 Å². The minimum atomic E-state index is -0.995. The van der Waals surface area contributed by atoms with Gasteiger partial charge in [-0.1, -0.05) is 76.5 Å². The van der Waals surface area contributed by atoms with Gasteiger partial charge in [-0.05, 0) is 18.1 Å². The largest absolute Gasteiger partial charge is 0.480 e. The van der Waals surface area contributed by atoms with Crippen molar-refractivity contribution in [1.29, 1.82) is 0 Å². The molecule has 6 heteroatoms. The van der Waals surface area contributed by atoms with Crippen LogP contribution in [0.5, 0.6) is 0 Å². The van der Waals surface area contributed by atoms with Gasteiger partial charge in [0.25, 0.3) is 0 Å². The van der Waals surface area contributed by atoms with Gasteiger partial charge in [-0.3, -0.25) is 4.79 Å². The fraction of sp³-hybridized carbons (Fsp3) is 0.565. The third-order valence-electron chi connectivity index (χ3n) is 5.24. The predicted molar refractivity (Wildman–Crippen MR) is 119 cm³/mol. The average Bonchev–Trinajstić information content (AvgIpc) is 3.09. The molecule has 29 heavy (non-hydrogen) atoms. The Bertz CT molecular complexity index is 745. The van der Waals surface area contributed by atoms with Crippen molar-refractivity contribution in [2.24, 2.45) is 0 Å². The third kappa shape index (κ3) is 9.37. The number of rotatable bonds is 14. The first-order valence-corrected chi connectivity index (χ1v) is 10.7. The van der Waals surface area contributed by atoms with Gasteiger partial charge in [-0.15, -0.1) is 0 Å². The number of H-pyrrole nitrogens is 1. The van der Waals surface area contributed by atoms with Crippen LogP contribution in [0.2, 0.25) is 0 Å². The van der Waals surface area contributed by atoms with Crippen molar-refractivity contribution < 1.29 is 14.7 Å². The normalized spacial score (nSPS) is 11.8. The van der Waals surface area contributed by atoms with Gasteiger partial charge < -0.3 is 15.4 Å². The maximum atomic E-state index is 12.2. The third-order valence-corrected chi connectivity index (χ3v) is 5.24. The molecule has 0 bridgehead atoms. The molecule has 2 aromatic rings. The number of hydrogen-bond donors (Lipinski definition) is 3. The Kier molecular flexibility index (Phi) is 13.0. The van der Waals surface area contributed by atoms with Gasteiger partial charge in [0.05, 0.1) is 0 Å². The van der Waals surface area contributed by atoms with E-state index in [0.29, 0.717) is 6.42 Å². The second-order valence-electron chi connectivity index (χ2n) is 7.60. The van der Waals surface area contributed by atoms with E-state index in [1.54, 1.807) is 0 Å². The number of aliphatic carboxylic acids is 1. The summed E-state index contributed by atoms with van der Waals surface area (Å²) in [6, 6.07) is 6.88. The van der Waals surface area contributed by atoms with Crippen molar-refractivity contribution in [2.75, 3.05) is 0 Å². The molecular weight excluding hydrogens is 375 g/mol. The second-order valence-corrected chi connectivity index (χ2v) is 7.60. The number of carboxylic acids is 1. The van der Waals surface area contributed by atoms with Crippen molar-refractivity contribution in [3.05, 3.63) is 36.0 Å². The van der Waals surface area contributed by atoms with Crippen LogP contribution < -0.4 is 5.32 Å². The molecule has 0 saturated heterocycles. The molecule has 0 saturated carbocycles. The number of nitrogens with one attached hydrogen (secondary N) is 2. The molecule has 1 amide bonds. The number of para-hydroxylation sites is 1. The van der Waals surface area contributed by atoms with Crippen molar-refractivity contribution in [3.8, 4) is 0 Å². The number of hydrogen-bond acceptors (Lipinski definition) is 2. The Morgan fingerprint density at radius 2 is 1.62 bits per heavy atom. The van der Waals surface area contributed by atoms with Gasteiger partial charge >= 0.3 is 5.97 Å². The van der Waals surface area contributed by atoms with E-state index < -0.39 is 12.0 Å². The molecule has 0 aliphatic heterocycles. The van der Waals surface area contributed by atoms with E-state index in [0.717, 1.165) is 35.7 Å². The standard InChI is InChI=1S/C23H34N2O3.Na/c1-2-3-4-5-6-7-8-9-10-15-22(26)25-21(23(27)28)16-18-17-24-20-14-12-11-13-19(18)20;/h11-14,17,21,24H,2-10,15-16H2,1H3,(H,25,26)(H,27,28);/t21-;/m0./s1. The quantitative estimate of drug-likeness (QED) is 0.309. The van der Waals surface area contributed by atoms with Gasteiger partial charge in [0.1, 0.15) is 6.04 Å². The topological polar surface area (TPSA) is 82.2 Å². The SMILES string of the molecule is CCCCCCCCCCCC(=O)N[C@@H](Cc1c[nH]c2ccccc12)C(=O)O.[Na]. The van der Waals surface area contributed by atoms with Gasteiger partial charge in [0, 0.05) is 59.5 Å². The summed E-state index contributed by atoms with van der Waals surface area (Å²) in [6.07, 6.45) is 13.2. The van der Waals surface area contributed by atoms with Crippen LogP contribution in [0, 0.1) is 0 Å². The smallest absolute Gasteiger partial charge is 0.326 e. The zero-order chi connectivity index (χ0) is 20.2. The van der Waals surface area contributed by atoms with Crippen LogP contribution in [0.25, 0.3) is 10.9 Å². The van der Waals surface area contributed by atoms with Crippen molar-refractivity contribution in [3.63, 3.8) is 0 Å². The molecule has 1 radical (unpaired) electrons. The zero-order valence-corrected chi connectivity index (χ0v) is 20.0. The summed E-state index contributed by atoms with van der Waals surface area (Å²) in [5.41, 5.74) is 1.88.